The van der Waals surface area contributed by atoms with Gasteiger partial charge >= 0.3 is 5.97 Å². The Morgan fingerprint density at radius 1 is 1.69 bits per heavy atom. The minimum Gasteiger partial charge on any atom is -0.464 e. The Morgan fingerprint density at radius 3 is 2.69 bits per heavy atom. The second kappa shape index (κ2) is 3.62. The number of aryl methyl sites for hydroxylation is 1. The molecule has 1 rings (SSSR count). The molecule has 72 valence electrons. The van der Waals surface area contributed by atoms with Crippen LogP contribution in [0.2, 0.25) is 0 Å². The molecule has 13 heavy (non-hydrogen) atoms. The molecule has 0 aliphatic rings. The molecule has 4 nitrogen and oxygen atoms in total. The lowest BCUT2D eigenvalue weighted by Crippen LogP contribution is -2.06. The van der Waals surface area contributed by atoms with Crippen molar-refractivity contribution in [3.8, 4) is 0 Å². The number of esters is 1. The summed E-state index contributed by atoms with van der Waals surface area (Å²) < 4.78 is 6.32. The molecule has 0 amide bonds. The van der Waals surface area contributed by atoms with Gasteiger partial charge in [-0.1, -0.05) is 0 Å². The highest BCUT2D eigenvalue weighted by Gasteiger charge is 2.12. The third kappa shape index (κ3) is 1.89. The monoisotopic (exact) mass is 182 g/mol. The minimum absolute atomic E-state index is 0.0652. The van der Waals surface area contributed by atoms with Gasteiger partial charge in [0.15, 0.2) is 0 Å². The normalized spacial score (nSPS) is 12.6. The van der Waals surface area contributed by atoms with Crippen LogP contribution in [0, 0.1) is 0 Å². The van der Waals surface area contributed by atoms with E-state index in [1.807, 2.05) is 13.1 Å². The molecule has 0 aliphatic heterocycles. The van der Waals surface area contributed by atoms with Crippen molar-refractivity contribution < 1.29 is 9.53 Å². The van der Waals surface area contributed by atoms with E-state index in [0.717, 1.165) is 5.56 Å². The molecule has 0 saturated heterocycles. The van der Waals surface area contributed by atoms with Crippen LogP contribution in [0.4, 0.5) is 0 Å². The van der Waals surface area contributed by atoms with E-state index >= 15 is 0 Å². The first-order valence-electron chi connectivity index (χ1n) is 4.06. The van der Waals surface area contributed by atoms with Crippen molar-refractivity contribution in [2.24, 2.45) is 12.8 Å². The first-order chi connectivity index (χ1) is 6.06. The van der Waals surface area contributed by atoms with Crippen molar-refractivity contribution in [1.82, 2.24) is 4.57 Å². The number of nitrogens with zero attached hydrogens (tertiary/aromatic N) is 1. The van der Waals surface area contributed by atoms with Crippen molar-refractivity contribution in [2.45, 2.75) is 13.0 Å². The van der Waals surface area contributed by atoms with Crippen LogP contribution in [0.25, 0.3) is 0 Å². The summed E-state index contributed by atoms with van der Waals surface area (Å²) in [6.45, 7) is 1.87. The van der Waals surface area contributed by atoms with Gasteiger partial charge in [-0.05, 0) is 18.6 Å². The van der Waals surface area contributed by atoms with Crippen LogP contribution < -0.4 is 5.73 Å². The van der Waals surface area contributed by atoms with Crippen LogP contribution in [-0.4, -0.2) is 17.6 Å². The van der Waals surface area contributed by atoms with Gasteiger partial charge in [0.1, 0.15) is 5.69 Å². The van der Waals surface area contributed by atoms with Crippen molar-refractivity contribution in [3.05, 3.63) is 23.5 Å². The fraction of sp³-hybridized carbons (Fsp3) is 0.444. The molecule has 0 bridgehead atoms. The number of nitrogens with two attached hydrogens (primary N) is 1. The summed E-state index contributed by atoms with van der Waals surface area (Å²) in [7, 11) is 3.15. The average Bonchev–Trinajstić information content (AvgIpc) is 2.46. The van der Waals surface area contributed by atoms with Crippen LogP contribution in [0.1, 0.15) is 29.0 Å². The Hall–Kier alpha value is -1.29. The summed E-state index contributed by atoms with van der Waals surface area (Å²) >= 11 is 0. The second-order valence-electron chi connectivity index (χ2n) is 3.05. The number of aromatic nitrogens is 1. The molecule has 0 fully saturated rings. The number of rotatable bonds is 2. The summed E-state index contributed by atoms with van der Waals surface area (Å²) in [4.78, 5) is 11.2. The van der Waals surface area contributed by atoms with Gasteiger partial charge in [-0.2, -0.15) is 0 Å². The maximum absolute atomic E-state index is 11.2. The van der Waals surface area contributed by atoms with Gasteiger partial charge in [0.05, 0.1) is 7.11 Å². The molecule has 1 aromatic rings. The number of ether oxygens (including phenoxy) is 1. The standard InChI is InChI=1S/C9H14N2O2/c1-6(10)7-4-8(9(12)13-3)11(2)5-7/h4-6H,10H2,1-3H3. The van der Waals surface area contributed by atoms with Gasteiger partial charge in [0.25, 0.3) is 0 Å². The Labute approximate surface area is 77.3 Å². The lowest BCUT2D eigenvalue weighted by molar-refractivity contribution is 0.0590. The number of carbonyl (C=O) groups excluding carboxylic acids is 1. The molecule has 1 unspecified atom stereocenters. The quantitative estimate of drug-likeness (QED) is 0.689. The van der Waals surface area contributed by atoms with Gasteiger partial charge in [-0.15, -0.1) is 0 Å². The minimum atomic E-state index is -0.339. The van der Waals surface area contributed by atoms with E-state index in [0.29, 0.717) is 5.69 Å². The van der Waals surface area contributed by atoms with E-state index in [1.54, 1.807) is 17.7 Å². The molecule has 1 aromatic heterocycles. The van der Waals surface area contributed by atoms with Crippen LogP contribution >= 0.6 is 0 Å². The zero-order valence-electron chi connectivity index (χ0n) is 8.07. The van der Waals surface area contributed by atoms with Gasteiger partial charge in [0.2, 0.25) is 0 Å². The molecule has 2 N–H and O–H groups in total. The fourth-order valence-electron chi connectivity index (χ4n) is 1.15. The van der Waals surface area contributed by atoms with E-state index in [1.165, 1.54) is 7.11 Å². The first-order valence-corrected chi connectivity index (χ1v) is 4.06. The van der Waals surface area contributed by atoms with E-state index in [9.17, 15) is 4.79 Å². The maximum Gasteiger partial charge on any atom is 0.354 e. The Kier molecular flexibility index (Phi) is 2.72. The highest BCUT2D eigenvalue weighted by atomic mass is 16.5. The predicted molar refractivity (Wildman–Crippen MR) is 49.4 cm³/mol. The Morgan fingerprint density at radius 2 is 2.31 bits per heavy atom. The van der Waals surface area contributed by atoms with E-state index < -0.39 is 0 Å². The van der Waals surface area contributed by atoms with Crippen LogP contribution in [0.15, 0.2) is 12.3 Å². The molecule has 0 saturated carbocycles. The van der Waals surface area contributed by atoms with E-state index in [4.69, 9.17) is 5.73 Å². The van der Waals surface area contributed by atoms with Crippen LogP contribution in [0.3, 0.4) is 0 Å². The van der Waals surface area contributed by atoms with Crippen molar-refractivity contribution >= 4 is 5.97 Å². The summed E-state index contributed by atoms with van der Waals surface area (Å²) in [5, 5.41) is 0. The number of carbonyl (C=O) groups is 1. The summed E-state index contributed by atoms with van der Waals surface area (Å²) in [5.41, 5.74) is 7.13. The fourth-order valence-corrected chi connectivity index (χ4v) is 1.15. The number of hydrogen-bond donors (Lipinski definition) is 1. The smallest absolute Gasteiger partial charge is 0.354 e. The lowest BCUT2D eigenvalue weighted by Gasteiger charge is -1.98. The second-order valence-corrected chi connectivity index (χ2v) is 3.05. The third-order valence-electron chi connectivity index (χ3n) is 1.95. The molecular formula is C9H14N2O2. The van der Waals surface area contributed by atoms with Gasteiger partial charge in [-0.3, -0.25) is 0 Å². The summed E-state index contributed by atoms with van der Waals surface area (Å²) in [6.07, 6.45) is 1.83. The Balaban J connectivity index is 3.03. The van der Waals surface area contributed by atoms with Gasteiger partial charge < -0.3 is 15.0 Å². The molecular weight excluding hydrogens is 168 g/mol. The van der Waals surface area contributed by atoms with E-state index in [2.05, 4.69) is 4.74 Å². The van der Waals surface area contributed by atoms with Crippen LogP contribution in [0.5, 0.6) is 0 Å². The van der Waals surface area contributed by atoms with Crippen molar-refractivity contribution in [2.75, 3.05) is 7.11 Å². The number of hydrogen-bond acceptors (Lipinski definition) is 3. The van der Waals surface area contributed by atoms with E-state index in [-0.39, 0.29) is 12.0 Å². The molecule has 0 spiro atoms. The number of methoxy groups -OCH3 is 1. The molecule has 1 atom stereocenters. The zero-order valence-corrected chi connectivity index (χ0v) is 8.07. The Bertz CT molecular complexity index is 315. The molecule has 1 heterocycles. The van der Waals surface area contributed by atoms with Gasteiger partial charge in [-0.25, -0.2) is 4.79 Å². The van der Waals surface area contributed by atoms with Crippen LogP contribution in [-0.2, 0) is 11.8 Å². The molecule has 0 aliphatic carbocycles. The molecule has 0 aromatic carbocycles. The highest BCUT2D eigenvalue weighted by molar-refractivity contribution is 5.87. The topological polar surface area (TPSA) is 57.2 Å². The highest BCUT2D eigenvalue weighted by Crippen LogP contribution is 2.13. The SMILES string of the molecule is COC(=O)c1cc(C(C)N)cn1C. The first kappa shape index (κ1) is 9.80. The molecule has 0 radical (unpaired) electrons. The van der Waals surface area contributed by atoms with Crippen molar-refractivity contribution in [1.29, 1.82) is 0 Å². The predicted octanol–water partition coefficient (Wildman–Crippen LogP) is 0.831. The molecule has 4 heteroatoms. The summed E-state index contributed by atoms with van der Waals surface area (Å²) in [5.74, 6) is -0.339. The average molecular weight is 182 g/mol. The third-order valence-corrected chi connectivity index (χ3v) is 1.95. The maximum atomic E-state index is 11.2. The van der Waals surface area contributed by atoms with Crippen molar-refractivity contribution in [3.63, 3.8) is 0 Å². The zero-order chi connectivity index (χ0) is 10.0. The summed E-state index contributed by atoms with van der Waals surface area (Å²) in [6, 6.07) is 1.68. The lowest BCUT2D eigenvalue weighted by atomic mass is 10.2. The van der Waals surface area contributed by atoms with Gasteiger partial charge in [0, 0.05) is 19.3 Å². The largest absolute Gasteiger partial charge is 0.464 e.